The predicted molar refractivity (Wildman–Crippen MR) is 104 cm³/mol. The van der Waals surface area contributed by atoms with Crippen molar-refractivity contribution in [2.24, 2.45) is 0 Å². The van der Waals surface area contributed by atoms with Crippen LogP contribution in [0.1, 0.15) is 24.5 Å². The third-order valence-corrected chi connectivity index (χ3v) is 5.13. The lowest BCUT2D eigenvalue weighted by atomic mass is 10.2. The van der Waals surface area contributed by atoms with E-state index in [1.165, 1.54) is 11.8 Å². The van der Waals surface area contributed by atoms with Crippen LogP contribution in [0.15, 0.2) is 53.7 Å². The summed E-state index contributed by atoms with van der Waals surface area (Å²) in [5.74, 6) is 0.705. The van der Waals surface area contributed by atoms with E-state index in [2.05, 4.69) is 39.9 Å². The molecule has 0 unspecified atom stereocenters. The molecule has 0 aliphatic carbocycles. The van der Waals surface area contributed by atoms with Crippen LogP contribution < -0.4 is 0 Å². The van der Waals surface area contributed by atoms with Crippen molar-refractivity contribution in [1.29, 1.82) is 5.26 Å². The summed E-state index contributed by atoms with van der Waals surface area (Å²) in [4.78, 5) is 4.78. The zero-order chi connectivity index (χ0) is 17.9. The van der Waals surface area contributed by atoms with Gasteiger partial charge in [0, 0.05) is 17.7 Å². The molecule has 0 saturated heterocycles. The Morgan fingerprint density at radius 2 is 2.00 bits per heavy atom. The molecule has 0 spiro atoms. The molecule has 4 rings (SSSR count). The number of fused-ring (bicyclic) bond motifs is 3. The summed E-state index contributed by atoms with van der Waals surface area (Å²) < 4.78 is 2.22. The monoisotopic (exact) mass is 359 g/mol. The first-order chi connectivity index (χ1) is 12.8. The summed E-state index contributed by atoms with van der Waals surface area (Å²) in [5, 5.41) is 19.5. The smallest absolute Gasteiger partial charge is 0.211 e. The first-order valence-electron chi connectivity index (χ1n) is 8.53. The largest absolute Gasteiger partial charge is 0.324 e. The fourth-order valence-corrected chi connectivity index (χ4v) is 3.80. The van der Waals surface area contributed by atoms with Crippen molar-refractivity contribution >= 4 is 33.8 Å². The average Bonchev–Trinajstić information content (AvgIpc) is 3.00. The Hall–Kier alpha value is -2.91. The maximum Gasteiger partial charge on any atom is 0.211 e. The molecule has 5 nitrogen and oxygen atoms in total. The van der Waals surface area contributed by atoms with E-state index in [1.54, 1.807) is 0 Å². The van der Waals surface area contributed by atoms with E-state index < -0.39 is 0 Å². The molecule has 26 heavy (non-hydrogen) atoms. The van der Waals surface area contributed by atoms with Crippen molar-refractivity contribution in [2.45, 2.75) is 30.8 Å². The lowest BCUT2D eigenvalue weighted by Gasteiger charge is -2.05. The minimum Gasteiger partial charge on any atom is -0.324 e. The Balaban J connectivity index is 1.69. The standard InChI is InChI=1S/C20H17N5S/c1-2-10-25-17-9-4-3-8-16(17)18-19(25)22-20(24-23-18)26-13-15-7-5-6-14(11-15)12-21/h3-9,11H,2,10,13H2,1H3. The SMILES string of the molecule is CCCn1c2ccccc2c2nnc(SCc3cccc(C#N)c3)nc21. The number of hydrogen-bond acceptors (Lipinski definition) is 5. The fourth-order valence-electron chi connectivity index (χ4n) is 3.08. The van der Waals surface area contributed by atoms with Gasteiger partial charge in [0.25, 0.3) is 0 Å². The number of nitrogens with zero attached hydrogens (tertiary/aromatic N) is 5. The van der Waals surface area contributed by atoms with Gasteiger partial charge in [0.2, 0.25) is 5.16 Å². The molecular formula is C20H17N5S. The number of hydrogen-bond donors (Lipinski definition) is 0. The molecule has 0 aliphatic rings. The van der Waals surface area contributed by atoms with Gasteiger partial charge in [-0.1, -0.05) is 49.0 Å². The molecule has 0 bridgehead atoms. The summed E-state index contributed by atoms with van der Waals surface area (Å²) in [6, 6.07) is 18.0. The van der Waals surface area contributed by atoms with E-state index in [1.807, 2.05) is 36.4 Å². The number of aromatic nitrogens is 4. The van der Waals surface area contributed by atoms with Crippen molar-refractivity contribution in [3.8, 4) is 6.07 Å². The number of para-hydroxylation sites is 1. The highest BCUT2D eigenvalue weighted by molar-refractivity contribution is 7.98. The lowest BCUT2D eigenvalue weighted by Crippen LogP contribution is -2.00. The molecule has 6 heteroatoms. The maximum atomic E-state index is 9.02. The van der Waals surface area contributed by atoms with Crippen LogP contribution in [-0.2, 0) is 12.3 Å². The summed E-state index contributed by atoms with van der Waals surface area (Å²) in [7, 11) is 0. The summed E-state index contributed by atoms with van der Waals surface area (Å²) in [6.45, 7) is 3.06. The van der Waals surface area contributed by atoms with Crippen molar-refractivity contribution in [1.82, 2.24) is 19.7 Å². The molecule has 0 atom stereocenters. The molecule has 4 aromatic rings. The van der Waals surface area contributed by atoms with E-state index in [4.69, 9.17) is 10.2 Å². The predicted octanol–water partition coefficient (Wildman–Crippen LogP) is 4.55. The second kappa shape index (κ2) is 7.14. The molecule has 0 fully saturated rings. The molecule has 0 saturated carbocycles. The van der Waals surface area contributed by atoms with Crippen molar-refractivity contribution < 1.29 is 0 Å². The molecule has 0 radical (unpaired) electrons. The van der Waals surface area contributed by atoms with Crippen molar-refractivity contribution in [3.63, 3.8) is 0 Å². The van der Waals surface area contributed by atoms with Crippen LogP contribution in [0.3, 0.4) is 0 Å². The maximum absolute atomic E-state index is 9.02. The van der Waals surface area contributed by atoms with Crippen LogP contribution in [0.5, 0.6) is 0 Å². The highest BCUT2D eigenvalue weighted by Crippen LogP contribution is 2.28. The van der Waals surface area contributed by atoms with Crippen molar-refractivity contribution in [2.75, 3.05) is 0 Å². The van der Waals surface area contributed by atoms with Gasteiger partial charge in [0.15, 0.2) is 5.65 Å². The van der Waals surface area contributed by atoms with Crippen LogP contribution in [-0.4, -0.2) is 19.7 Å². The van der Waals surface area contributed by atoms with Gasteiger partial charge in [-0.25, -0.2) is 4.98 Å². The second-order valence-corrected chi connectivity index (χ2v) is 6.98. The van der Waals surface area contributed by atoms with Gasteiger partial charge < -0.3 is 4.57 Å². The molecule has 0 amide bonds. The normalized spacial score (nSPS) is 11.1. The quantitative estimate of drug-likeness (QED) is 0.489. The minimum absolute atomic E-state index is 0.653. The number of thioether (sulfide) groups is 1. The topological polar surface area (TPSA) is 67.4 Å². The first kappa shape index (κ1) is 16.6. The number of nitriles is 1. The first-order valence-corrected chi connectivity index (χ1v) is 9.52. The third kappa shape index (κ3) is 3.02. The van der Waals surface area contributed by atoms with Gasteiger partial charge in [-0.2, -0.15) is 5.26 Å². The van der Waals surface area contributed by atoms with Crippen LogP contribution in [0.25, 0.3) is 22.1 Å². The van der Waals surface area contributed by atoms with Gasteiger partial charge in [0.05, 0.1) is 17.1 Å². The van der Waals surface area contributed by atoms with E-state index >= 15 is 0 Å². The minimum atomic E-state index is 0.653. The molecule has 0 N–H and O–H groups in total. The summed E-state index contributed by atoms with van der Waals surface area (Å²) >= 11 is 1.54. The molecule has 128 valence electrons. The van der Waals surface area contributed by atoms with E-state index in [0.29, 0.717) is 16.5 Å². The molecule has 2 heterocycles. The zero-order valence-corrected chi connectivity index (χ0v) is 15.2. The Bertz CT molecular complexity index is 1130. The van der Waals surface area contributed by atoms with E-state index in [-0.39, 0.29) is 0 Å². The Morgan fingerprint density at radius 3 is 2.85 bits per heavy atom. The molecule has 2 aromatic carbocycles. The highest BCUT2D eigenvalue weighted by Gasteiger charge is 2.14. The fraction of sp³-hybridized carbons (Fsp3) is 0.200. The zero-order valence-electron chi connectivity index (χ0n) is 14.4. The Kier molecular flexibility index (Phi) is 4.55. The van der Waals surface area contributed by atoms with E-state index in [9.17, 15) is 0 Å². The lowest BCUT2D eigenvalue weighted by molar-refractivity contribution is 0.709. The van der Waals surface area contributed by atoms with Gasteiger partial charge in [-0.15, -0.1) is 10.2 Å². The molecule has 0 aliphatic heterocycles. The van der Waals surface area contributed by atoms with Crippen LogP contribution in [0.4, 0.5) is 0 Å². The second-order valence-electron chi connectivity index (χ2n) is 6.04. The number of benzene rings is 2. The van der Waals surface area contributed by atoms with Gasteiger partial charge in [-0.3, -0.25) is 0 Å². The van der Waals surface area contributed by atoms with Crippen LogP contribution in [0.2, 0.25) is 0 Å². The van der Waals surface area contributed by atoms with Gasteiger partial charge in [-0.05, 0) is 30.2 Å². The van der Waals surface area contributed by atoms with Crippen LogP contribution in [0, 0.1) is 11.3 Å². The Morgan fingerprint density at radius 1 is 1.12 bits per heavy atom. The molecule has 2 aromatic heterocycles. The Labute approximate surface area is 155 Å². The third-order valence-electron chi connectivity index (χ3n) is 4.23. The van der Waals surface area contributed by atoms with Crippen LogP contribution >= 0.6 is 11.8 Å². The van der Waals surface area contributed by atoms with Gasteiger partial charge >= 0.3 is 0 Å². The average molecular weight is 359 g/mol. The number of aryl methyl sites for hydroxylation is 1. The summed E-state index contributed by atoms with van der Waals surface area (Å²) in [5.41, 5.74) is 4.63. The highest BCUT2D eigenvalue weighted by atomic mass is 32.2. The number of rotatable bonds is 5. The summed E-state index contributed by atoms with van der Waals surface area (Å²) in [6.07, 6.45) is 1.03. The van der Waals surface area contributed by atoms with Gasteiger partial charge in [0.1, 0.15) is 5.52 Å². The molecular weight excluding hydrogens is 342 g/mol. The van der Waals surface area contributed by atoms with E-state index in [0.717, 1.165) is 40.6 Å². The van der Waals surface area contributed by atoms with Crippen molar-refractivity contribution in [3.05, 3.63) is 59.7 Å².